The van der Waals surface area contributed by atoms with Crippen LogP contribution in [0.5, 0.6) is 5.75 Å². The summed E-state index contributed by atoms with van der Waals surface area (Å²) in [5.74, 6) is 0.561. The zero-order valence-corrected chi connectivity index (χ0v) is 15.1. The smallest absolute Gasteiger partial charge is 0.412 e. The summed E-state index contributed by atoms with van der Waals surface area (Å²) in [6.45, 7) is 0.459. The molecule has 4 atom stereocenters. The molecule has 1 aromatic heterocycles. The van der Waals surface area contributed by atoms with Crippen LogP contribution in [0.25, 0.3) is 0 Å². The normalized spacial score (nSPS) is 25.8. The minimum Gasteiger partial charge on any atom is -0.497 e. The van der Waals surface area contributed by atoms with Gasteiger partial charge in [-0.3, -0.25) is 10.1 Å². The summed E-state index contributed by atoms with van der Waals surface area (Å²) >= 11 is 0. The first-order chi connectivity index (χ1) is 13.6. The highest BCUT2D eigenvalue weighted by atomic mass is 16.6. The lowest BCUT2D eigenvalue weighted by Crippen LogP contribution is -2.44. The number of carbonyl (C=O) groups is 2. The van der Waals surface area contributed by atoms with Gasteiger partial charge in [-0.25, -0.2) is 4.79 Å². The van der Waals surface area contributed by atoms with Gasteiger partial charge in [-0.05, 0) is 36.4 Å². The number of methoxy groups -OCH3 is 1. The lowest BCUT2D eigenvalue weighted by atomic mass is 10.1. The van der Waals surface area contributed by atoms with E-state index in [9.17, 15) is 9.59 Å². The number of amides is 2. The zero-order valence-electron chi connectivity index (χ0n) is 15.1. The van der Waals surface area contributed by atoms with Crippen LogP contribution in [0.1, 0.15) is 10.6 Å². The van der Waals surface area contributed by atoms with E-state index in [0.717, 1.165) is 0 Å². The van der Waals surface area contributed by atoms with Crippen LogP contribution >= 0.6 is 0 Å². The predicted molar refractivity (Wildman–Crippen MR) is 96.3 cm³/mol. The number of benzene rings is 1. The summed E-state index contributed by atoms with van der Waals surface area (Å²) in [5.41, 5.74) is 0.581. The molecule has 2 aliphatic rings. The largest absolute Gasteiger partial charge is 0.497 e. The van der Waals surface area contributed by atoms with Crippen molar-refractivity contribution in [2.24, 2.45) is 0 Å². The molecule has 0 unspecified atom stereocenters. The minimum atomic E-state index is -0.605. The third kappa shape index (κ3) is 3.80. The summed E-state index contributed by atoms with van der Waals surface area (Å²) in [7, 11) is 1.57. The Kier molecular flexibility index (Phi) is 5.18. The van der Waals surface area contributed by atoms with Crippen LogP contribution in [0.2, 0.25) is 0 Å². The van der Waals surface area contributed by atoms with Crippen LogP contribution in [-0.2, 0) is 14.2 Å². The predicted octanol–water partition coefficient (Wildman–Crippen LogP) is 1.80. The quantitative estimate of drug-likeness (QED) is 0.804. The number of ether oxygens (including phenoxy) is 4. The van der Waals surface area contributed by atoms with E-state index in [0.29, 0.717) is 11.4 Å². The van der Waals surface area contributed by atoms with Crippen LogP contribution in [-0.4, -0.2) is 56.7 Å². The van der Waals surface area contributed by atoms with E-state index in [2.05, 4.69) is 10.6 Å². The Morgan fingerprint density at radius 2 is 1.86 bits per heavy atom. The third-order valence-corrected chi connectivity index (χ3v) is 4.66. The first kappa shape index (κ1) is 18.3. The van der Waals surface area contributed by atoms with Crippen molar-refractivity contribution in [3.8, 4) is 5.75 Å². The van der Waals surface area contributed by atoms with Gasteiger partial charge in [0.1, 0.15) is 18.0 Å². The van der Waals surface area contributed by atoms with Gasteiger partial charge in [-0.2, -0.15) is 0 Å². The van der Waals surface area contributed by atoms with E-state index in [-0.39, 0.29) is 30.9 Å². The number of furan rings is 1. The number of fused-ring (bicyclic) bond motifs is 1. The molecule has 9 nitrogen and oxygen atoms in total. The highest BCUT2D eigenvalue weighted by Crippen LogP contribution is 2.29. The topological polar surface area (TPSA) is 108 Å². The van der Waals surface area contributed by atoms with Crippen LogP contribution in [0.3, 0.4) is 0 Å². The van der Waals surface area contributed by atoms with E-state index >= 15 is 0 Å². The van der Waals surface area contributed by atoms with Gasteiger partial charge in [0.15, 0.2) is 11.9 Å². The lowest BCUT2D eigenvalue weighted by Gasteiger charge is -2.17. The standard InChI is InChI=1S/C19H20N2O7/c1-24-12-6-4-11(5-7-12)20-19(23)28-15-10-27-16-13(9-26-17(15)16)21-18(22)14-3-2-8-25-14/h2-8,13,15-17H,9-10H2,1H3,(H,20,23)(H,21,22)/t13-,15-,16-,17+/m0/s1. The Bertz CT molecular complexity index is 821. The summed E-state index contributed by atoms with van der Waals surface area (Å²) in [4.78, 5) is 24.3. The molecule has 2 saturated heterocycles. The van der Waals surface area contributed by atoms with Crippen molar-refractivity contribution in [1.82, 2.24) is 5.32 Å². The van der Waals surface area contributed by atoms with Crippen molar-refractivity contribution in [3.05, 3.63) is 48.4 Å². The van der Waals surface area contributed by atoms with E-state index < -0.39 is 24.4 Å². The van der Waals surface area contributed by atoms with Gasteiger partial charge in [0.2, 0.25) is 0 Å². The van der Waals surface area contributed by atoms with E-state index in [4.69, 9.17) is 23.4 Å². The second-order valence-electron chi connectivity index (χ2n) is 6.45. The number of rotatable bonds is 5. The average molecular weight is 388 g/mol. The van der Waals surface area contributed by atoms with Crippen LogP contribution in [0, 0.1) is 0 Å². The number of nitrogens with one attached hydrogen (secondary N) is 2. The van der Waals surface area contributed by atoms with Gasteiger partial charge in [0, 0.05) is 5.69 Å². The maximum atomic E-state index is 12.2. The molecule has 2 amide bonds. The Balaban J connectivity index is 1.30. The van der Waals surface area contributed by atoms with Gasteiger partial charge >= 0.3 is 6.09 Å². The molecule has 2 aliphatic heterocycles. The molecular formula is C19H20N2O7. The second-order valence-corrected chi connectivity index (χ2v) is 6.45. The van der Waals surface area contributed by atoms with Crippen molar-refractivity contribution in [3.63, 3.8) is 0 Å². The molecule has 2 N–H and O–H groups in total. The SMILES string of the molecule is COc1ccc(NC(=O)O[C@H]2CO[C@@H]3[C@@H]2OC[C@@H]3NC(=O)c2ccco2)cc1. The van der Waals surface area contributed by atoms with Crippen LogP contribution in [0.15, 0.2) is 47.1 Å². The number of hydrogen-bond acceptors (Lipinski definition) is 7. The van der Waals surface area contributed by atoms with Crippen LogP contribution < -0.4 is 15.4 Å². The average Bonchev–Trinajstić information content (AvgIpc) is 3.43. The van der Waals surface area contributed by atoms with Gasteiger partial charge in [0.05, 0.1) is 32.6 Å². The molecule has 2 aromatic rings. The summed E-state index contributed by atoms with van der Waals surface area (Å²) in [6, 6.07) is 9.75. The number of hydrogen-bond donors (Lipinski definition) is 2. The molecule has 3 heterocycles. The molecule has 0 saturated carbocycles. The first-order valence-corrected chi connectivity index (χ1v) is 8.83. The third-order valence-electron chi connectivity index (χ3n) is 4.66. The second kappa shape index (κ2) is 7.91. The molecule has 0 radical (unpaired) electrons. The fourth-order valence-corrected chi connectivity index (χ4v) is 3.30. The van der Waals surface area contributed by atoms with E-state index in [1.165, 1.54) is 6.26 Å². The molecule has 1 aromatic carbocycles. The highest BCUT2D eigenvalue weighted by molar-refractivity contribution is 5.91. The molecule has 0 bridgehead atoms. The Hall–Kier alpha value is -3.04. The zero-order chi connectivity index (χ0) is 19.5. The fraction of sp³-hybridized carbons (Fsp3) is 0.368. The van der Waals surface area contributed by atoms with Gasteiger partial charge in [-0.15, -0.1) is 0 Å². The summed E-state index contributed by atoms with van der Waals surface area (Å²) < 4.78 is 27.0. The first-order valence-electron chi connectivity index (χ1n) is 8.83. The Morgan fingerprint density at radius 3 is 2.57 bits per heavy atom. The lowest BCUT2D eigenvalue weighted by molar-refractivity contribution is 0.00860. The van der Waals surface area contributed by atoms with Crippen LogP contribution in [0.4, 0.5) is 10.5 Å². The summed E-state index contributed by atoms with van der Waals surface area (Å²) in [5, 5.41) is 5.48. The maximum Gasteiger partial charge on any atom is 0.412 e. The molecule has 9 heteroatoms. The molecule has 0 aliphatic carbocycles. The maximum absolute atomic E-state index is 12.2. The number of anilines is 1. The number of carbonyl (C=O) groups excluding carboxylic acids is 2. The molecular weight excluding hydrogens is 368 g/mol. The molecule has 28 heavy (non-hydrogen) atoms. The molecule has 0 spiro atoms. The highest BCUT2D eigenvalue weighted by Gasteiger charge is 2.50. The van der Waals surface area contributed by atoms with Crippen molar-refractivity contribution in [2.45, 2.75) is 24.4 Å². The van der Waals surface area contributed by atoms with E-state index in [1.807, 2.05) is 0 Å². The minimum absolute atomic E-state index is 0.193. The monoisotopic (exact) mass is 388 g/mol. The Morgan fingerprint density at radius 1 is 1.07 bits per heavy atom. The van der Waals surface area contributed by atoms with Gasteiger partial charge < -0.3 is 28.7 Å². The molecule has 2 fully saturated rings. The van der Waals surface area contributed by atoms with Gasteiger partial charge in [0.25, 0.3) is 5.91 Å². The molecule has 148 valence electrons. The van der Waals surface area contributed by atoms with Crippen molar-refractivity contribution in [2.75, 3.05) is 25.6 Å². The van der Waals surface area contributed by atoms with Crippen molar-refractivity contribution in [1.29, 1.82) is 0 Å². The Labute approximate surface area is 160 Å². The van der Waals surface area contributed by atoms with Crippen molar-refractivity contribution < 1.29 is 33.0 Å². The van der Waals surface area contributed by atoms with Gasteiger partial charge in [-0.1, -0.05) is 0 Å². The van der Waals surface area contributed by atoms with E-state index in [1.54, 1.807) is 43.5 Å². The fourth-order valence-electron chi connectivity index (χ4n) is 3.30. The molecule has 4 rings (SSSR count). The van der Waals surface area contributed by atoms with Crippen molar-refractivity contribution >= 4 is 17.7 Å². The summed E-state index contributed by atoms with van der Waals surface area (Å²) in [6.07, 6.45) is -0.568.